The molecule has 4 heterocycles. The number of hydrogen-bond donors (Lipinski definition) is 0. The molecule has 2 saturated heterocycles. The van der Waals surface area contributed by atoms with Crippen molar-refractivity contribution < 1.29 is 18.6 Å². The predicted molar refractivity (Wildman–Crippen MR) is 107 cm³/mol. The standard InChI is InChI=1S/C22H30N4O4/c1-14-18(15(2)29-24-14)20(27)26-9-7-22(8-10-26,13-16-3-4-16)21-23-19(30-25-21)17-5-11-28-12-6-17/h16-17H,3-13H2,1-2H3. The van der Waals surface area contributed by atoms with Gasteiger partial charge in [-0.3, -0.25) is 4.79 Å². The van der Waals surface area contributed by atoms with E-state index < -0.39 is 0 Å². The molecule has 2 aromatic heterocycles. The van der Waals surface area contributed by atoms with Gasteiger partial charge in [0.15, 0.2) is 5.82 Å². The molecule has 8 nitrogen and oxygen atoms in total. The Morgan fingerprint density at radius 3 is 2.43 bits per heavy atom. The second-order valence-corrected chi connectivity index (χ2v) is 9.26. The van der Waals surface area contributed by atoms with Crippen molar-refractivity contribution in [1.29, 1.82) is 0 Å². The van der Waals surface area contributed by atoms with Gasteiger partial charge in [-0.25, -0.2) is 0 Å². The Morgan fingerprint density at radius 2 is 1.80 bits per heavy atom. The molecule has 0 bridgehead atoms. The third-order valence-corrected chi connectivity index (χ3v) is 7.12. The zero-order chi connectivity index (χ0) is 20.7. The normalized spacial score (nSPS) is 22.4. The summed E-state index contributed by atoms with van der Waals surface area (Å²) in [5.74, 6) is 3.27. The molecule has 0 atom stereocenters. The Kier molecular flexibility index (Phi) is 5.13. The van der Waals surface area contributed by atoms with Crippen LogP contribution in [0.15, 0.2) is 9.05 Å². The van der Waals surface area contributed by atoms with Crippen LogP contribution in [-0.4, -0.2) is 52.4 Å². The number of hydrogen-bond acceptors (Lipinski definition) is 7. The molecule has 8 heteroatoms. The molecule has 3 aliphatic rings. The van der Waals surface area contributed by atoms with Crippen LogP contribution in [0.25, 0.3) is 0 Å². The minimum atomic E-state index is -0.0937. The lowest BCUT2D eigenvalue weighted by molar-refractivity contribution is 0.0643. The predicted octanol–water partition coefficient (Wildman–Crippen LogP) is 3.54. The third-order valence-electron chi connectivity index (χ3n) is 7.12. The molecule has 0 aromatic carbocycles. The van der Waals surface area contributed by atoms with Crippen molar-refractivity contribution in [2.75, 3.05) is 26.3 Å². The molecule has 0 spiro atoms. The van der Waals surface area contributed by atoms with Gasteiger partial charge in [-0.05, 0) is 51.9 Å². The van der Waals surface area contributed by atoms with Crippen LogP contribution in [0, 0.1) is 19.8 Å². The minimum Gasteiger partial charge on any atom is -0.381 e. The van der Waals surface area contributed by atoms with Crippen molar-refractivity contribution in [3.63, 3.8) is 0 Å². The maximum absolute atomic E-state index is 13.1. The summed E-state index contributed by atoms with van der Waals surface area (Å²) < 4.78 is 16.4. The number of carbonyl (C=O) groups excluding carboxylic acids is 1. The molecule has 1 saturated carbocycles. The highest BCUT2D eigenvalue weighted by Crippen LogP contribution is 2.47. The molecule has 162 valence electrons. The number of piperidine rings is 1. The van der Waals surface area contributed by atoms with E-state index in [4.69, 9.17) is 18.8 Å². The maximum atomic E-state index is 13.1. The molecule has 5 rings (SSSR count). The first-order chi connectivity index (χ1) is 14.6. The fraction of sp³-hybridized carbons (Fsp3) is 0.727. The number of aryl methyl sites for hydroxylation is 2. The summed E-state index contributed by atoms with van der Waals surface area (Å²) in [7, 11) is 0. The van der Waals surface area contributed by atoms with Gasteiger partial charge in [0, 0.05) is 37.6 Å². The average molecular weight is 415 g/mol. The quantitative estimate of drug-likeness (QED) is 0.738. The molecule has 2 aromatic rings. The van der Waals surface area contributed by atoms with Crippen LogP contribution in [0.5, 0.6) is 0 Å². The molecule has 1 aliphatic carbocycles. The van der Waals surface area contributed by atoms with Crippen LogP contribution < -0.4 is 0 Å². The van der Waals surface area contributed by atoms with Gasteiger partial charge >= 0.3 is 0 Å². The summed E-state index contributed by atoms with van der Waals surface area (Å²) in [5.41, 5.74) is 1.17. The first-order valence-corrected chi connectivity index (χ1v) is 11.2. The van der Waals surface area contributed by atoms with Crippen LogP contribution in [0.2, 0.25) is 0 Å². The molecular weight excluding hydrogens is 384 g/mol. The van der Waals surface area contributed by atoms with Crippen LogP contribution in [0.3, 0.4) is 0 Å². The highest BCUT2D eigenvalue weighted by atomic mass is 16.5. The zero-order valence-corrected chi connectivity index (χ0v) is 17.9. The topological polar surface area (TPSA) is 94.5 Å². The minimum absolute atomic E-state index is 0.0160. The van der Waals surface area contributed by atoms with E-state index in [-0.39, 0.29) is 11.3 Å². The van der Waals surface area contributed by atoms with Crippen LogP contribution >= 0.6 is 0 Å². The van der Waals surface area contributed by atoms with Crippen molar-refractivity contribution in [2.45, 2.75) is 70.1 Å². The van der Waals surface area contributed by atoms with Gasteiger partial charge in [-0.15, -0.1) is 0 Å². The number of carbonyl (C=O) groups is 1. The molecule has 3 fully saturated rings. The summed E-state index contributed by atoms with van der Waals surface area (Å²) in [6.45, 7) is 6.52. The molecule has 0 unspecified atom stereocenters. The first kappa shape index (κ1) is 19.7. The Hall–Kier alpha value is -2.22. The molecule has 30 heavy (non-hydrogen) atoms. The van der Waals surface area contributed by atoms with E-state index in [1.807, 2.05) is 11.8 Å². The van der Waals surface area contributed by atoms with E-state index in [0.29, 0.717) is 36.0 Å². The summed E-state index contributed by atoms with van der Waals surface area (Å²) >= 11 is 0. The number of amides is 1. The van der Waals surface area contributed by atoms with Gasteiger partial charge in [0.25, 0.3) is 5.91 Å². The van der Waals surface area contributed by atoms with Gasteiger partial charge in [-0.2, -0.15) is 4.98 Å². The fourth-order valence-corrected chi connectivity index (χ4v) is 5.04. The lowest BCUT2D eigenvalue weighted by Crippen LogP contribution is -2.46. The van der Waals surface area contributed by atoms with Crippen molar-refractivity contribution >= 4 is 5.91 Å². The van der Waals surface area contributed by atoms with E-state index in [2.05, 4.69) is 10.3 Å². The second kappa shape index (κ2) is 7.80. The SMILES string of the molecule is Cc1noc(C)c1C(=O)N1CCC(CC2CC2)(c2noc(C3CCOCC3)n2)CC1. The van der Waals surface area contributed by atoms with Crippen molar-refractivity contribution in [3.05, 3.63) is 28.7 Å². The Balaban J connectivity index is 1.33. The maximum Gasteiger partial charge on any atom is 0.259 e. The number of rotatable bonds is 5. The summed E-state index contributed by atoms with van der Waals surface area (Å²) in [6.07, 6.45) is 7.28. The lowest BCUT2D eigenvalue weighted by atomic mass is 9.73. The molecule has 2 aliphatic heterocycles. The van der Waals surface area contributed by atoms with Gasteiger partial charge in [0.2, 0.25) is 5.89 Å². The van der Waals surface area contributed by atoms with Gasteiger partial charge in [-0.1, -0.05) is 23.2 Å². The van der Waals surface area contributed by atoms with Crippen LogP contribution in [-0.2, 0) is 10.2 Å². The molecule has 0 radical (unpaired) electrons. The van der Waals surface area contributed by atoms with Crippen LogP contribution in [0.1, 0.15) is 84.4 Å². The van der Waals surface area contributed by atoms with Crippen LogP contribution in [0.4, 0.5) is 0 Å². The number of likely N-dealkylation sites (tertiary alicyclic amines) is 1. The number of aromatic nitrogens is 3. The highest BCUT2D eigenvalue weighted by molar-refractivity contribution is 5.96. The van der Waals surface area contributed by atoms with Crippen molar-refractivity contribution in [1.82, 2.24) is 20.2 Å². The van der Waals surface area contributed by atoms with Crippen molar-refractivity contribution in [3.8, 4) is 0 Å². The zero-order valence-electron chi connectivity index (χ0n) is 17.9. The van der Waals surface area contributed by atoms with Gasteiger partial charge in [0.1, 0.15) is 11.3 Å². The Morgan fingerprint density at radius 1 is 1.07 bits per heavy atom. The largest absolute Gasteiger partial charge is 0.381 e. The summed E-state index contributed by atoms with van der Waals surface area (Å²) in [4.78, 5) is 19.9. The number of ether oxygens (including phenoxy) is 1. The highest BCUT2D eigenvalue weighted by Gasteiger charge is 2.45. The molecule has 1 amide bonds. The lowest BCUT2D eigenvalue weighted by Gasteiger charge is -2.40. The van der Waals surface area contributed by atoms with Gasteiger partial charge < -0.3 is 18.7 Å². The summed E-state index contributed by atoms with van der Waals surface area (Å²) in [5, 5.41) is 8.40. The molecular formula is C22H30N4O4. The smallest absolute Gasteiger partial charge is 0.259 e. The fourth-order valence-electron chi connectivity index (χ4n) is 5.04. The molecule has 0 N–H and O–H groups in total. The second-order valence-electron chi connectivity index (χ2n) is 9.26. The number of nitrogens with zero attached hydrogens (tertiary/aromatic N) is 4. The first-order valence-electron chi connectivity index (χ1n) is 11.2. The van der Waals surface area contributed by atoms with E-state index in [0.717, 1.165) is 63.0 Å². The van der Waals surface area contributed by atoms with E-state index >= 15 is 0 Å². The van der Waals surface area contributed by atoms with Gasteiger partial charge in [0.05, 0.1) is 5.69 Å². The van der Waals surface area contributed by atoms with E-state index in [1.54, 1.807) is 6.92 Å². The van der Waals surface area contributed by atoms with E-state index in [1.165, 1.54) is 12.8 Å². The van der Waals surface area contributed by atoms with E-state index in [9.17, 15) is 4.79 Å². The average Bonchev–Trinajstić information content (AvgIpc) is 3.31. The third kappa shape index (κ3) is 3.66. The summed E-state index contributed by atoms with van der Waals surface area (Å²) in [6, 6.07) is 0. The monoisotopic (exact) mass is 414 g/mol. The van der Waals surface area contributed by atoms with Crippen molar-refractivity contribution in [2.24, 2.45) is 5.92 Å². The Bertz CT molecular complexity index is 883. The Labute approximate surface area is 176 Å².